The Kier molecular flexibility index (Phi) is 3.38. The molecule has 2 nitrogen and oxygen atoms in total. The third kappa shape index (κ3) is 2.74. The van der Waals surface area contributed by atoms with Crippen molar-refractivity contribution in [3.8, 4) is 5.75 Å². The van der Waals surface area contributed by atoms with E-state index in [4.69, 9.17) is 5.73 Å². The summed E-state index contributed by atoms with van der Waals surface area (Å²) in [6.45, 7) is 0. The number of phenolic OH excluding ortho intramolecular Hbond substituents is 1. The van der Waals surface area contributed by atoms with Gasteiger partial charge in [-0.3, -0.25) is 0 Å². The second-order valence-corrected chi connectivity index (χ2v) is 5.88. The zero-order chi connectivity index (χ0) is 11.0. The topological polar surface area (TPSA) is 46.2 Å². The molecule has 2 rings (SSSR count). The molecule has 0 heterocycles. The maximum Gasteiger partial charge on any atom is 0.134 e. The van der Waals surface area contributed by atoms with E-state index in [9.17, 15) is 5.11 Å². The van der Waals surface area contributed by atoms with Gasteiger partial charge in [-0.1, -0.05) is 28.8 Å². The molecule has 0 aromatic heterocycles. The molecule has 3 N–H and O–H groups in total. The largest absolute Gasteiger partial charge is 0.506 e. The Labute approximate surface area is 106 Å². The quantitative estimate of drug-likeness (QED) is 0.885. The molecule has 1 aromatic carbocycles. The summed E-state index contributed by atoms with van der Waals surface area (Å²) in [5, 5.41) is 9.88. The first kappa shape index (κ1) is 11.4. The smallest absolute Gasteiger partial charge is 0.134 e. The van der Waals surface area contributed by atoms with Crippen LogP contribution in [-0.4, -0.2) is 5.11 Å². The van der Waals surface area contributed by atoms with Crippen LogP contribution in [0.4, 0.5) is 0 Å². The van der Waals surface area contributed by atoms with Crippen molar-refractivity contribution in [2.75, 3.05) is 0 Å². The Hall–Kier alpha value is -0.0600. The second kappa shape index (κ2) is 4.44. The molecule has 0 amide bonds. The van der Waals surface area contributed by atoms with Gasteiger partial charge < -0.3 is 10.8 Å². The lowest BCUT2D eigenvalue weighted by atomic mass is 10.0. The molecule has 0 saturated heterocycles. The highest BCUT2D eigenvalue weighted by Gasteiger charge is 2.26. The Balaban J connectivity index is 2.24. The van der Waals surface area contributed by atoms with E-state index in [-0.39, 0.29) is 11.8 Å². The van der Waals surface area contributed by atoms with Crippen LogP contribution >= 0.6 is 31.9 Å². The highest BCUT2D eigenvalue weighted by atomic mass is 79.9. The molecule has 0 unspecified atom stereocenters. The Morgan fingerprint density at radius 2 is 2.07 bits per heavy atom. The second-order valence-electron chi connectivity index (χ2n) is 4.11. The number of phenols is 1. The molecule has 0 spiro atoms. The van der Waals surface area contributed by atoms with Crippen molar-refractivity contribution in [2.45, 2.75) is 25.3 Å². The number of halogens is 2. The average molecular weight is 335 g/mol. The standard InChI is InChI=1S/C11H13Br2NO/c12-7-4-8(11(15)9(13)5-7)10(14)3-6-1-2-6/h4-6,10,15H,1-3,14H2/t10-/m0/s1. The minimum absolute atomic E-state index is 0.0636. The van der Waals surface area contributed by atoms with Crippen LogP contribution in [0.5, 0.6) is 5.75 Å². The predicted molar refractivity (Wildman–Crippen MR) is 67.8 cm³/mol. The van der Waals surface area contributed by atoms with Gasteiger partial charge in [0.05, 0.1) is 4.47 Å². The molecule has 1 atom stereocenters. The van der Waals surface area contributed by atoms with Gasteiger partial charge in [-0.15, -0.1) is 0 Å². The van der Waals surface area contributed by atoms with Gasteiger partial charge in [0.2, 0.25) is 0 Å². The summed E-state index contributed by atoms with van der Waals surface area (Å²) in [6.07, 6.45) is 3.53. The van der Waals surface area contributed by atoms with Gasteiger partial charge in [0, 0.05) is 16.1 Å². The zero-order valence-corrected chi connectivity index (χ0v) is 11.4. The summed E-state index contributed by atoms with van der Waals surface area (Å²) >= 11 is 6.71. The van der Waals surface area contributed by atoms with Crippen LogP contribution in [0.3, 0.4) is 0 Å². The molecule has 0 aliphatic heterocycles. The first-order valence-electron chi connectivity index (χ1n) is 5.01. The third-order valence-corrected chi connectivity index (χ3v) is 3.80. The molecule has 15 heavy (non-hydrogen) atoms. The normalized spacial score (nSPS) is 17.8. The van der Waals surface area contributed by atoms with Crippen molar-refractivity contribution >= 4 is 31.9 Å². The van der Waals surface area contributed by atoms with Crippen molar-refractivity contribution in [1.82, 2.24) is 0 Å². The first-order valence-corrected chi connectivity index (χ1v) is 6.60. The number of aromatic hydroxyl groups is 1. The Bertz CT molecular complexity index is 377. The minimum atomic E-state index is -0.0636. The van der Waals surface area contributed by atoms with Crippen LogP contribution in [-0.2, 0) is 0 Å². The fourth-order valence-corrected chi connectivity index (χ4v) is 2.97. The molecule has 1 aliphatic rings. The fourth-order valence-electron chi connectivity index (χ4n) is 1.71. The molecule has 1 saturated carbocycles. The summed E-state index contributed by atoms with van der Waals surface area (Å²) in [5.74, 6) is 1.03. The van der Waals surface area contributed by atoms with Gasteiger partial charge in [-0.2, -0.15) is 0 Å². The molecular weight excluding hydrogens is 322 g/mol. The van der Waals surface area contributed by atoms with Crippen molar-refractivity contribution in [1.29, 1.82) is 0 Å². The maximum atomic E-state index is 9.88. The molecule has 1 fully saturated rings. The lowest BCUT2D eigenvalue weighted by molar-refractivity contribution is 0.452. The van der Waals surface area contributed by atoms with E-state index in [1.165, 1.54) is 12.8 Å². The zero-order valence-electron chi connectivity index (χ0n) is 8.21. The van der Waals surface area contributed by atoms with Crippen LogP contribution in [0.1, 0.15) is 30.9 Å². The van der Waals surface area contributed by atoms with Crippen molar-refractivity contribution < 1.29 is 5.11 Å². The SMILES string of the molecule is N[C@@H](CC1CC1)c1cc(Br)cc(Br)c1O. The minimum Gasteiger partial charge on any atom is -0.506 e. The summed E-state index contributed by atoms with van der Waals surface area (Å²) < 4.78 is 1.63. The summed E-state index contributed by atoms with van der Waals surface area (Å²) in [4.78, 5) is 0. The Morgan fingerprint density at radius 3 is 2.67 bits per heavy atom. The molecule has 82 valence electrons. The summed E-state index contributed by atoms with van der Waals surface area (Å²) in [6, 6.07) is 3.65. The summed E-state index contributed by atoms with van der Waals surface area (Å²) in [7, 11) is 0. The van der Waals surface area contributed by atoms with Gasteiger partial charge in [0.25, 0.3) is 0 Å². The van der Waals surface area contributed by atoms with Crippen LogP contribution in [0.15, 0.2) is 21.1 Å². The van der Waals surface area contributed by atoms with E-state index in [0.29, 0.717) is 4.47 Å². The van der Waals surface area contributed by atoms with Crippen LogP contribution in [0.25, 0.3) is 0 Å². The van der Waals surface area contributed by atoms with E-state index in [0.717, 1.165) is 22.4 Å². The van der Waals surface area contributed by atoms with Gasteiger partial charge in [-0.05, 0) is 40.4 Å². The van der Waals surface area contributed by atoms with Gasteiger partial charge in [0.15, 0.2) is 0 Å². The molecule has 1 aromatic rings. The highest BCUT2D eigenvalue weighted by Crippen LogP contribution is 2.41. The monoisotopic (exact) mass is 333 g/mol. The van der Waals surface area contributed by atoms with Crippen LogP contribution in [0, 0.1) is 5.92 Å². The lowest BCUT2D eigenvalue weighted by Crippen LogP contribution is -2.11. The number of hydrogen-bond donors (Lipinski definition) is 2. The number of nitrogens with two attached hydrogens (primary N) is 1. The first-order chi connectivity index (χ1) is 7.08. The molecular formula is C11H13Br2NO. The van der Waals surface area contributed by atoms with E-state index in [1.807, 2.05) is 12.1 Å². The molecule has 0 bridgehead atoms. The third-order valence-electron chi connectivity index (χ3n) is 2.74. The van der Waals surface area contributed by atoms with E-state index in [2.05, 4.69) is 31.9 Å². The van der Waals surface area contributed by atoms with Crippen LogP contribution in [0.2, 0.25) is 0 Å². The lowest BCUT2D eigenvalue weighted by Gasteiger charge is -2.14. The van der Waals surface area contributed by atoms with E-state index in [1.54, 1.807) is 0 Å². The van der Waals surface area contributed by atoms with Crippen molar-refractivity contribution in [3.63, 3.8) is 0 Å². The number of benzene rings is 1. The number of hydrogen-bond acceptors (Lipinski definition) is 2. The summed E-state index contributed by atoms with van der Waals surface area (Å²) in [5.41, 5.74) is 6.90. The van der Waals surface area contributed by atoms with Gasteiger partial charge in [0.1, 0.15) is 5.75 Å². The molecule has 4 heteroatoms. The predicted octanol–water partition coefficient (Wildman–Crippen LogP) is 3.72. The van der Waals surface area contributed by atoms with Gasteiger partial charge >= 0.3 is 0 Å². The van der Waals surface area contributed by atoms with E-state index >= 15 is 0 Å². The molecule has 0 radical (unpaired) electrons. The fraction of sp³-hybridized carbons (Fsp3) is 0.455. The highest BCUT2D eigenvalue weighted by molar-refractivity contribution is 9.11. The Morgan fingerprint density at radius 1 is 1.40 bits per heavy atom. The van der Waals surface area contributed by atoms with Crippen molar-refractivity contribution in [3.05, 3.63) is 26.6 Å². The van der Waals surface area contributed by atoms with Crippen molar-refractivity contribution in [2.24, 2.45) is 11.7 Å². The molecule has 1 aliphatic carbocycles. The average Bonchev–Trinajstić information content (AvgIpc) is 2.94. The van der Waals surface area contributed by atoms with E-state index < -0.39 is 0 Å². The number of rotatable bonds is 3. The van der Waals surface area contributed by atoms with Crippen LogP contribution < -0.4 is 5.73 Å². The van der Waals surface area contributed by atoms with Gasteiger partial charge in [-0.25, -0.2) is 0 Å². The maximum absolute atomic E-state index is 9.88.